The van der Waals surface area contributed by atoms with Crippen LogP contribution in [0.5, 0.6) is 0 Å². The van der Waals surface area contributed by atoms with E-state index >= 15 is 0 Å². The Labute approximate surface area is 177 Å². The van der Waals surface area contributed by atoms with Gasteiger partial charge in [0.2, 0.25) is 0 Å². The Hall–Kier alpha value is -0.740. The molecule has 0 amide bonds. The smallest absolute Gasteiger partial charge is 0.191 e. The number of nitrogens with two attached hydrogens (primary N) is 1. The van der Waals surface area contributed by atoms with E-state index in [1.54, 1.807) is 0 Å². The standard InChI is InChI=1S/C17H25ClN4O2S.HI/c18-15-1-3-16(4-2-15)21-7-9-22(10-8-21)17(19)20-13-14-5-11-25(23,24)12-6-14;/h1-4,14H,5-13H2,(H2,19,20);1H. The number of halogens is 2. The van der Waals surface area contributed by atoms with Crippen LogP contribution in [0.15, 0.2) is 29.3 Å². The maximum Gasteiger partial charge on any atom is 0.191 e. The lowest BCUT2D eigenvalue weighted by atomic mass is 10.0. The van der Waals surface area contributed by atoms with E-state index in [0.29, 0.717) is 31.3 Å². The van der Waals surface area contributed by atoms with Gasteiger partial charge < -0.3 is 15.5 Å². The first kappa shape index (κ1) is 21.6. The van der Waals surface area contributed by atoms with Gasteiger partial charge in [-0.15, -0.1) is 24.0 Å². The molecule has 2 N–H and O–H groups in total. The highest BCUT2D eigenvalue weighted by Crippen LogP contribution is 2.20. The van der Waals surface area contributed by atoms with E-state index < -0.39 is 9.84 Å². The van der Waals surface area contributed by atoms with Gasteiger partial charge in [0.25, 0.3) is 0 Å². The number of nitrogens with zero attached hydrogens (tertiary/aromatic N) is 3. The van der Waals surface area contributed by atoms with E-state index in [4.69, 9.17) is 17.3 Å². The van der Waals surface area contributed by atoms with Crippen molar-refractivity contribution in [2.45, 2.75) is 12.8 Å². The lowest BCUT2D eigenvalue weighted by Crippen LogP contribution is -2.51. The Bertz CT molecular complexity index is 705. The van der Waals surface area contributed by atoms with Gasteiger partial charge in [0, 0.05) is 43.4 Å². The molecule has 146 valence electrons. The van der Waals surface area contributed by atoms with Crippen LogP contribution in [0.25, 0.3) is 0 Å². The van der Waals surface area contributed by atoms with Crippen LogP contribution < -0.4 is 10.6 Å². The third-order valence-corrected chi connectivity index (χ3v) is 6.95. The summed E-state index contributed by atoms with van der Waals surface area (Å²) >= 11 is 5.94. The van der Waals surface area contributed by atoms with Crippen LogP contribution in [0.4, 0.5) is 5.69 Å². The quantitative estimate of drug-likeness (QED) is 0.382. The highest BCUT2D eigenvalue weighted by Gasteiger charge is 2.24. The number of sulfone groups is 1. The van der Waals surface area contributed by atoms with Crippen molar-refractivity contribution in [2.24, 2.45) is 16.6 Å². The monoisotopic (exact) mass is 512 g/mol. The fourth-order valence-corrected chi connectivity index (χ4v) is 5.00. The third-order valence-electron chi connectivity index (χ3n) is 4.98. The summed E-state index contributed by atoms with van der Waals surface area (Å²) in [6.45, 7) is 4.06. The van der Waals surface area contributed by atoms with Crippen molar-refractivity contribution in [2.75, 3.05) is 49.1 Å². The molecule has 1 aromatic rings. The molecule has 3 rings (SSSR count). The predicted molar refractivity (Wildman–Crippen MR) is 119 cm³/mol. The molecule has 6 nitrogen and oxygen atoms in total. The fourth-order valence-electron chi connectivity index (χ4n) is 3.29. The van der Waals surface area contributed by atoms with E-state index in [1.165, 1.54) is 5.69 Å². The average Bonchev–Trinajstić information content (AvgIpc) is 2.61. The van der Waals surface area contributed by atoms with E-state index in [2.05, 4.69) is 14.8 Å². The van der Waals surface area contributed by atoms with Crippen molar-refractivity contribution < 1.29 is 8.42 Å². The summed E-state index contributed by atoms with van der Waals surface area (Å²) < 4.78 is 22.9. The number of aliphatic imine (C=N–C) groups is 1. The Balaban J connectivity index is 0.00000243. The van der Waals surface area contributed by atoms with Crippen LogP contribution in [0, 0.1) is 5.92 Å². The number of guanidine groups is 1. The van der Waals surface area contributed by atoms with E-state index in [1.807, 2.05) is 24.3 Å². The van der Waals surface area contributed by atoms with Gasteiger partial charge in [-0.05, 0) is 43.0 Å². The van der Waals surface area contributed by atoms with Crippen molar-refractivity contribution in [3.05, 3.63) is 29.3 Å². The van der Waals surface area contributed by atoms with Crippen LogP contribution >= 0.6 is 35.6 Å². The number of hydrogen-bond donors (Lipinski definition) is 1. The molecule has 0 bridgehead atoms. The molecule has 1 aromatic carbocycles. The minimum atomic E-state index is -2.81. The third kappa shape index (κ3) is 5.88. The van der Waals surface area contributed by atoms with Crippen LogP contribution in [0.3, 0.4) is 0 Å². The highest BCUT2D eigenvalue weighted by molar-refractivity contribution is 14.0. The number of rotatable bonds is 3. The van der Waals surface area contributed by atoms with Gasteiger partial charge in [-0.2, -0.15) is 0 Å². The Morgan fingerprint density at radius 2 is 1.69 bits per heavy atom. The Morgan fingerprint density at radius 1 is 1.12 bits per heavy atom. The van der Waals surface area contributed by atoms with Crippen LogP contribution in [0.2, 0.25) is 5.02 Å². The molecule has 0 saturated carbocycles. The maximum atomic E-state index is 11.5. The molecule has 0 spiro atoms. The van der Waals surface area contributed by atoms with Crippen molar-refractivity contribution in [1.82, 2.24) is 4.90 Å². The summed E-state index contributed by atoms with van der Waals surface area (Å²) in [5.41, 5.74) is 7.31. The fraction of sp³-hybridized carbons (Fsp3) is 0.588. The Morgan fingerprint density at radius 3 is 2.27 bits per heavy atom. The summed E-state index contributed by atoms with van der Waals surface area (Å²) in [4.78, 5) is 8.93. The van der Waals surface area contributed by atoms with Crippen LogP contribution in [0.1, 0.15) is 12.8 Å². The van der Waals surface area contributed by atoms with Gasteiger partial charge in [-0.1, -0.05) is 11.6 Å². The second-order valence-corrected chi connectivity index (χ2v) is 9.48. The summed E-state index contributed by atoms with van der Waals surface area (Å²) in [5, 5.41) is 0.745. The van der Waals surface area contributed by atoms with Gasteiger partial charge in [-0.25, -0.2) is 8.42 Å². The van der Waals surface area contributed by atoms with Gasteiger partial charge >= 0.3 is 0 Å². The Kier molecular flexibility index (Phi) is 7.84. The van der Waals surface area contributed by atoms with Crippen molar-refractivity contribution >= 4 is 57.1 Å². The number of anilines is 1. The second kappa shape index (κ2) is 9.45. The minimum Gasteiger partial charge on any atom is -0.370 e. The molecule has 0 aromatic heterocycles. The molecular weight excluding hydrogens is 487 g/mol. The second-order valence-electron chi connectivity index (χ2n) is 6.74. The summed E-state index contributed by atoms with van der Waals surface area (Å²) in [5.74, 6) is 1.47. The molecule has 2 heterocycles. The molecule has 2 fully saturated rings. The normalized spacial score (nSPS) is 21.3. The van der Waals surface area contributed by atoms with Crippen molar-refractivity contribution in [3.8, 4) is 0 Å². The van der Waals surface area contributed by atoms with Gasteiger partial charge in [0.05, 0.1) is 11.5 Å². The molecule has 26 heavy (non-hydrogen) atoms. The van der Waals surface area contributed by atoms with E-state index in [0.717, 1.165) is 31.2 Å². The summed E-state index contributed by atoms with van der Waals surface area (Å²) in [6, 6.07) is 7.88. The maximum absolute atomic E-state index is 11.5. The molecule has 0 atom stereocenters. The molecule has 0 aliphatic carbocycles. The van der Waals surface area contributed by atoms with Crippen LogP contribution in [-0.4, -0.2) is 63.5 Å². The molecule has 2 aliphatic rings. The first-order valence-electron chi connectivity index (χ1n) is 8.69. The van der Waals surface area contributed by atoms with Gasteiger partial charge in [0.1, 0.15) is 9.84 Å². The van der Waals surface area contributed by atoms with Gasteiger partial charge in [-0.3, -0.25) is 4.99 Å². The zero-order chi connectivity index (χ0) is 17.9. The lowest BCUT2D eigenvalue weighted by Gasteiger charge is -2.36. The lowest BCUT2D eigenvalue weighted by molar-refractivity contribution is 0.378. The number of piperazine rings is 1. The molecule has 0 radical (unpaired) electrons. The van der Waals surface area contributed by atoms with E-state index in [-0.39, 0.29) is 35.5 Å². The average molecular weight is 513 g/mol. The molecule has 2 saturated heterocycles. The molecular formula is C17H26ClIN4O2S. The zero-order valence-electron chi connectivity index (χ0n) is 14.7. The molecule has 9 heteroatoms. The summed E-state index contributed by atoms with van der Waals surface area (Å²) in [6.07, 6.45) is 1.40. The molecule has 0 unspecified atom stereocenters. The first-order chi connectivity index (χ1) is 11.9. The van der Waals surface area contributed by atoms with Gasteiger partial charge in [0.15, 0.2) is 5.96 Å². The minimum absolute atomic E-state index is 0. The largest absolute Gasteiger partial charge is 0.370 e. The van der Waals surface area contributed by atoms with Crippen LogP contribution in [-0.2, 0) is 9.84 Å². The summed E-state index contributed by atoms with van der Waals surface area (Å²) in [7, 11) is -2.81. The van der Waals surface area contributed by atoms with Crippen molar-refractivity contribution in [3.63, 3.8) is 0 Å². The highest BCUT2D eigenvalue weighted by atomic mass is 127. The SMILES string of the molecule is I.NC(=NCC1CCS(=O)(=O)CC1)N1CCN(c2ccc(Cl)cc2)CC1. The number of benzene rings is 1. The molecule has 2 aliphatic heterocycles. The number of hydrogen-bond acceptors (Lipinski definition) is 4. The van der Waals surface area contributed by atoms with Crippen molar-refractivity contribution in [1.29, 1.82) is 0 Å². The predicted octanol–water partition coefficient (Wildman–Crippen LogP) is 2.22. The first-order valence-corrected chi connectivity index (χ1v) is 10.9. The van der Waals surface area contributed by atoms with E-state index in [9.17, 15) is 8.42 Å². The topological polar surface area (TPSA) is 79.0 Å². The zero-order valence-corrected chi connectivity index (χ0v) is 18.6.